The highest BCUT2D eigenvalue weighted by Crippen LogP contribution is 2.25. The van der Waals surface area contributed by atoms with Crippen molar-refractivity contribution in [1.82, 2.24) is 0 Å². The van der Waals surface area contributed by atoms with Gasteiger partial charge in [0.1, 0.15) is 11.9 Å². The predicted molar refractivity (Wildman–Crippen MR) is 87.2 cm³/mol. The zero-order valence-electron chi connectivity index (χ0n) is 13.0. The van der Waals surface area contributed by atoms with Crippen LogP contribution in [0.3, 0.4) is 0 Å². The largest absolute Gasteiger partial charge is 0.495 e. The van der Waals surface area contributed by atoms with Crippen molar-refractivity contribution in [1.29, 1.82) is 0 Å². The fourth-order valence-electron chi connectivity index (χ4n) is 2.23. The molecule has 0 saturated carbocycles. The van der Waals surface area contributed by atoms with Crippen molar-refractivity contribution in [2.24, 2.45) is 0 Å². The summed E-state index contributed by atoms with van der Waals surface area (Å²) in [6.45, 7) is 3.83. The zero-order chi connectivity index (χ0) is 16.1. The van der Waals surface area contributed by atoms with Crippen LogP contribution >= 0.6 is 0 Å². The molecule has 116 valence electrons. The summed E-state index contributed by atoms with van der Waals surface area (Å²) in [5.41, 5.74) is 2.61. The number of anilines is 1. The van der Waals surface area contributed by atoms with Gasteiger partial charge in [0, 0.05) is 5.92 Å². The minimum atomic E-state index is -1.13. The Labute approximate surface area is 130 Å². The van der Waals surface area contributed by atoms with Gasteiger partial charge >= 0.3 is 0 Å². The van der Waals surface area contributed by atoms with Crippen LogP contribution in [0.5, 0.6) is 5.75 Å². The van der Waals surface area contributed by atoms with E-state index in [1.165, 1.54) is 7.11 Å². The summed E-state index contributed by atoms with van der Waals surface area (Å²) in [7, 11) is 1.54. The third kappa shape index (κ3) is 3.65. The van der Waals surface area contributed by atoms with Crippen LogP contribution in [0.4, 0.5) is 5.69 Å². The zero-order valence-corrected chi connectivity index (χ0v) is 13.0. The number of carbonyl (C=O) groups is 1. The quantitative estimate of drug-likeness (QED) is 0.892. The van der Waals surface area contributed by atoms with Crippen molar-refractivity contribution < 1.29 is 14.6 Å². The van der Waals surface area contributed by atoms with Gasteiger partial charge in [0.25, 0.3) is 5.91 Å². The van der Waals surface area contributed by atoms with Crippen LogP contribution in [0.1, 0.15) is 24.0 Å². The first-order chi connectivity index (χ1) is 10.5. The Balaban J connectivity index is 2.10. The Morgan fingerprint density at radius 3 is 2.41 bits per heavy atom. The summed E-state index contributed by atoms with van der Waals surface area (Å²) >= 11 is 0. The molecule has 4 heteroatoms. The Kier molecular flexibility index (Phi) is 5.17. The van der Waals surface area contributed by atoms with E-state index >= 15 is 0 Å². The van der Waals surface area contributed by atoms with E-state index < -0.39 is 12.0 Å². The molecule has 0 fully saturated rings. The predicted octanol–water partition coefficient (Wildman–Crippen LogP) is 3.11. The van der Waals surface area contributed by atoms with Crippen LogP contribution in [0.2, 0.25) is 0 Å². The van der Waals surface area contributed by atoms with Gasteiger partial charge in [-0.25, -0.2) is 0 Å². The summed E-state index contributed by atoms with van der Waals surface area (Å²) in [6.07, 6.45) is -1.13. The van der Waals surface area contributed by atoms with Crippen LogP contribution < -0.4 is 10.1 Å². The lowest BCUT2D eigenvalue weighted by Gasteiger charge is -2.19. The van der Waals surface area contributed by atoms with E-state index in [0.717, 1.165) is 11.1 Å². The second-order valence-electron chi connectivity index (χ2n) is 5.33. The Morgan fingerprint density at radius 1 is 1.14 bits per heavy atom. The highest BCUT2D eigenvalue weighted by Gasteiger charge is 2.24. The van der Waals surface area contributed by atoms with Crippen molar-refractivity contribution >= 4 is 11.6 Å². The number of methoxy groups -OCH3 is 1. The maximum Gasteiger partial charge on any atom is 0.253 e. The number of hydrogen-bond acceptors (Lipinski definition) is 3. The molecule has 0 spiro atoms. The average molecular weight is 299 g/mol. The molecule has 2 aromatic carbocycles. The number of aliphatic hydroxyl groups is 1. The van der Waals surface area contributed by atoms with Crippen molar-refractivity contribution in [3.05, 3.63) is 59.7 Å². The summed E-state index contributed by atoms with van der Waals surface area (Å²) in [5.74, 6) is -0.182. The van der Waals surface area contributed by atoms with Crippen LogP contribution in [0, 0.1) is 6.92 Å². The molecule has 2 atom stereocenters. The number of carbonyl (C=O) groups excluding carboxylic acids is 1. The maximum atomic E-state index is 12.2. The Morgan fingerprint density at radius 2 is 1.77 bits per heavy atom. The van der Waals surface area contributed by atoms with Crippen LogP contribution in [-0.2, 0) is 4.79 Å². The molecule has 0 aromatic heterocycles. The third-order valence-electron chi connectivity index (χ3n) is 3.71. The van der Waals surface area contributed by atoms with E-state index in [1.807, 2.05) is 44.2 Å². The summed E-state index contributed by atoms with van der Waals surface area (Å²) in [5, 5.41) is 13.0. The van der Waals surface area contributed by atoms with Crippen molar-refractivity contribution in [2.75, 3.05) is 12.4 Å². The van der Waals surface area contributed by atoms with Gasteiger partial charge in [-0.2, -0.15) is 0 Å². The second kappa shape index (κ2) is 7.09. The van der Waals surface area contributed by atoms with E-state index in [-0.39, 0.29) is 5.92 Å². The van der Waals surface area contributed by atoms with Gasteiger partial charge in [0.05, 0.1) is 12.8 Å². The smallest absolute Gasteiger partial charge is 0.253 e. The molecule has 22 heavy (non-hydrogen) atoms. The molecular weight excluding hydrogens is 278 g/mol. The van der Waals surface area contributed by atoms with Crippen LogP contribution in [0.15, 0.2) is 48.5 Å². The second-order valence-corrected chi connectivity index (χ2v) is 5.33. The van der Waals surface area contributed by atoms with Crippen LogP contribution in [-0.4, -0.2) is 24.2 Å². The van der Waals surface area contributed by atoms with Gasteiger partial charge in [0.2, 0.25) is 0 Å². The van der Waals surface area contributed by atoms with E-state index in [1.54, 1.807) is 18.2 Å². The van der Waals surface area contributed by atoms with Gasteiger partial charge in [-0.1, -0.05) is 48.9 Å². The minimum Gasteiger partial charge on any atom is -0.495 e. The lowest BCUT2D eigenvalue weighted by Crippen LogP contribution is -2.32. The molecule has 2 aromatic rings. The molecule has 0 heterocycles. The number of nitrogens with one attached hydrogen (secondary N) is 1. The molecule has 0 radical (unpaired) electrons. The first-order valence-electron chi connectivity index (χ1n) is 7.21. The molecule has 4 nitrogen and oxygen atoms in total. The number of amides is 1. The third-order valence-corrected chi connectivity index (χ3v) is 3.71. The average Bonchev–Trinajstić information content (AvgIpc) is 2.54. The minimum absolute atomic E-state index is 0.296. The normalized spacial score (nSPS) is 13.3. The lowest BCUT2D eigenvalue weighted by molar-refractivity contribution is -0.124. The lowest BCUT2D eigenvalue weighted by atomic mass is 9.94. The Hall–Kier alpha value is -2.33. The first kappa shape index (κ1) is 16.0. The van der Waals surface area contributed by atoms with Gasteiger partial charge in [-0.3, -0.25) is 4.79 Å². The van der Waals surface area contributed by atoms with Crippen LogP contribution in [0.25, 0.3) is 0 Å². The fourth-order valence-corrected chi connectivity index (χ4v) is 2.23. The molecule has 0 aliphatic carbocycles. The Bertz CT molecular complexity index is 637. The number of rotatable bonds is 5. The van der Waals surface area contributed by atoms with Gasteiger partial charge in [-0.05, 0) is 24.6 Å². The van der Waals surface area contributed by atoms with Crippen molar-refractivity contribution in [3.63, 3.8) is 0 Å². The molecule has 0 aliphatic heterocycles. The molecule has 1 amide bonds. The van der Waals surface area contributed by atoms with Gasteiger partial charge in [0.15, 0.2) is 0 Å². The molecule has 0 bridgehead atoms. The number of para-hydroxylation sites is 2. The van der Waals surface area contributed by atoms with E-state index in [4.69, 9.17) is 4.74 Å². The molecule has 0 aliphatic rings. The number of hydrogen-bond donors (Lipinski definition) is 2. The maximum absolute atomic E-state index is 12.2. The monoisotopic (exact) mass is 299 g/mol. The molecule has 2 unspecified atom stereocenters. The standard InChI is InChI=1S/C18H21NO3/c1-12-8-10-14(11-9-12)13(2)17(20)18(21)19-15-6-4-5-7-16(15)22-3/h4-11,13,17,20H,1-3H3,(H,19,21). The summed E-state index contributed by atoms with van der Waals surface area (Å²) in [6, 6.07) is 14.9. The number of ether oxygens (including phenoxy) is 1. The van der Waals surface area contributed by atoms with E-state index in [0.29, 0.717) is 11.4 Å². The van der Waals surface area contributed by atoms with E-state index in [9.17, 15) is 9.90 Å². The molecule has 0 saturated heterocycles. The van der Waals surface area contributed by atoms with Crippen molar-refractivity contribution in [2.45, 2.75) is 25.9 Å². The van der Waals surface area contributed by atoms with Crippen molar-refractivity contribution in [3.8, 4) is 5.75 Å². The molecule has 2 N–H and O–H groups in total. The fraction of sp³-hybridized carbons (Fsp3) is 0.278. The molecular formula is C18H21NO3. The summed E-state index contributed by atoms with van der Waals surface area (Å²) in [4.78, 5) is 12.2. The highest BCUT2D eigenvalue weighted by molar-refractivity contribution is 5.95. The molecule has 2 rings (SSSR count). The first-order valence-corrected chi connectivity index (χ1v) is 7.21. The highest BCUT2D eigenvalue weighted by atomic mass is 16.5. The van der Waals surface area contributed by atoms with E-state index in [2.05, 4.69) is 5.32 Å². The number of aliphatic hydroxyl groups excluding tert-OH is 1. The SMILES string of the molecule is COc1ccccc1NC(=O)C(O)C(C)c1ccc(C)cc1. The summed E-state index contributed by atoms with van der Waals surface area (Å²) < 4.78 is 5.19. The van der Waals surface area contributed by atoms with Gasteiger partial charge < -0.3 is 15.2 Å². The topological polar surface area (TPSA) is 58.6 Å². The number of benzene rings is 2. The number of aryl methyl sites for hydroxylation is 1. The van der Waals surface area contributed by atoms with Gasteiger partial charge in [-0.15, -0.1) is 0 Å².